The van der Waals surface area contributed by atoms with E-state index in [1.54, 1.807) is 24.3 Å². The van der Waals surface area contributed by atoms with Gasteiger partial charge in [0.15, 0.2) is 0 Å². The first-order chi connectivity index (χ1) is 14.0. The van der Waals surface area contributed by atoms with Gasteiger partial charge in [-0.1, -0.05) is 6.07 Å². The summed E-state index contributed by atoms with van der Waals surface area (Å²) in [6, 6.07) is 9.87. The summed E-state index contributed by atoms with van der Waals surface area (Å²) in [5, 5.41) is 2.72. The van der Waals surface area contributed by atoms with E-state index in [9.17, 15) is 18.8 Å². The van der Waals surface area contributed by atoms with Crippen LogP contribution in [0.2, 0.25) is 0 Å². The van der Waals surface area contributed by atoms with E-state index in [2.05, 4.69) is 5.32 Å². The maximum atomic E-state index is 13.9. The van der Waals surface area contributed by atoms with Gasteiger partial charge in [0.1, 0.15) is 24.2 Å². The van der Waals surface area contributed by atoms with E-state index in [0.717, 1.165) is 6.07 Å². The Morgan fingerprint density at radius 1 is 1.24 bits per heavy atom. The summed E-state index contributed by atoms with van der Waals surface area (Å²) in [6.07, 6.45) is 1.23. The van der Waals surface area contributed by atoms with Gasteiger partial charge >= 0.3 is 0 Å². The summed E-state index contributed by atoms with van der Waals surface area (Å²) in [7, 11) is 1.52. The minimum atomic E-state index is -0.636. The predicted octanol–water partition coefficient (Wildman–Crippen LogP) is 2.42. The second-order valence-electron chi connectivity index (χ2n) is 7.02. The lowest BCUT2D eigenvalue weighted by atomic mass is 10.1. The number of benzene rings is 2. The molecule has 29 heavy (non-hydrogen) atoms. The zero-order valence-corrected chi connectivity index (χ0v) is 15.9. The molecule has 8 heteroatoms. The highest BCUT2D eigenvalue weighted by Crippen LogP contribution is 2.33. The van der Waals surface area contributed by atoms with Crippen molar-refractivity contribution in [3.8, 4) is 5.75 Å². The molecular formula is C21H20FN3O4. The molecule has 4 rings (SSSR count). The topological polar surface area (TPSA) is 79.0 Å². The summed E-state index contributed by atoms with van der Waals surface area (Å²) in [4.78, 5) is 41.4. The molecule has 0 bridgehead atoms. The van der Waals surface area contributed by atoms with Crippen LogP contribution in [0, 0.1) is 5.82 Å². The van der Waals surface area contributed by atoms with Crippen LogP contribution < -0.4 is 15.0 Å². The molecular weight excluding hydrogens is 377 g/mol. The Morgan fingerprint density at radius 3 is 2.86 bits per heavy atom. The van der Waals surface area contributed by atoms with Crippen LogP contribution in [0.3, 0.4) is 0 Å². The molecule has 7 nitrogen and oxygen atoms in total. The minimum Gasteiger partial charge on any atom is -0.497 e. The van der Waals surface area contributed by atoms with Crippen LogP contribution in [0.1, 0.15) is 23.2 Å². The lowest BCUT2D eigenvalue weighted by Crippen LogP contribution is -2.47. The zero-order chi connectivity index (χ0) is 20.5. The molecule has 3 amide bonds. The van der Waals surface area contributed by atoms with Gasteiger partial charge < -0.3 is 19.9 Å². The maximum Gasteiger partial charge on any atom is 0.256 e. The first-order valence-corrected chi connectivity index (χ1v) is 9.34. The average Bonchev–Trinajstić information content (AvgIpc) is 3.18. The van der Waals surface area contributed by atoms with Crippen LogP contribution in [-0.2, 0) is 9.59 Å². The van der Waals surface area contributed by atoms with Gasteiger partial charge in [-0.25, -0.2) is 4.39 Å². The third kappa shape index (κ3) is 3.53. The molecule has 2 aromatic carbocycles. The molecule has 150 valence electrons. The average molecular weight is 397 g/mol. The maximum absolute atomic E-state index is 13.9. The van der Waals surface area contributed by atoms with Crippen LogP contribution in [0.15, 0.2) is 42.5 Å². The molecule has 0 unspecified atom stereocenters. The van der Waals surface area contributed by atoms with E-state index < -0.39 is 17.8 Å². The molecule has 0 saturated carbocycles. The normalized spacial score (nSPS) is 18.2. The van der Waals surface area contributed by atoms with Crippen molar-refractivity contribution in [2.45, 2.75) is 18.9 Å². The van der Waals surface area contributed by atoms with Crippen LogP contribution in [0.5, 0.6) is 5.75 Å². The van der Waals surface area contributed by atoms with Crippen molar-refractivity contribution in [2.75, 3.05) is 30.4 Å². The Hall–Kier alpha value is -3.42. The highest BCUT2D eigenvalue weighted by atomic mass is 19.1. The Balaban J connectivity index is 1.64. The predicted molar refractivity (Wildman–Crippen MR) is 104 cm³/mol. The quantitative estimate of drug-likeness (QED) is 0.860. The lowest BCUT2D eigenvalue weighted by molar-refractivity contribution is -0.124. The number of ether oxygens (including phenoxy) is 1. The fourth-order valence-electron chi connectivity index (χ4n) is 3.84. The lowest BCUT2D eigenvalue weighted by Gasteiger charge is -2.25. The number of nitrogens with one attached hydrogen (secondary N) is 1. The number of carbonyl (C=O) groups is 3. The number of hydrogen-bond donors (Lipinski definition) is 1. The van der Waals surface area contributed by atoms with Crippen molar-refractivity contribution < 1.29 is 23.5 Å². The molecule has 0 spiro atoms. The van der Waals surface area contributed by atoms with Gasteiger partial charge in [-0.05, 0) is 43.2 Å². The number of amides is 3. The van der Waals surface area contributed by atoms with Crippen molar-refractivity contribution in [1.82, 2.24) is 4.90 Å². The first-order valence-electron chi connectivity index (χ1n) is 9.34. The summed E-state index contributed by atoms with van der Waals surface area (Å²) >= 11 is 0. The number of hydrogen-bond acceptors (Lipinski definition) is 4. The van der Waals surface area contributed by atoms with Crippen LogP contribution in [-0.4, -0.2) is 48.9 Å². The summed E-state index contributed by atoms with van der Waals surface area (Å²) in [6.45, 7) is 0.139. The van der Waals surface area contributed by atoms with Gasteiger partial charge in [0.2, 0.25) is 11.8 Å². The smallest absolute Gasteiger partial charge is 0.256 e. The highest BCUT2D eigenvalue weighted by molar-refractivity contribution is 6.13. The van der Waals surface area contributed by atoms with E-state index in [4.69, 9.17) is 4.74 Å². The molecule has 0 aromatic heterocycles. The van der Waals surface area contributed by atoms with Gasteiger partial charge in [0.05, 0.1) is 18.4 Å². The first kappa shape index (κ1) is 18.9. The van der Waals surface area contributed by atoms with E-state index in [0.29, 0.717) is 30.8 Å². The van der Waals surface area contributed by atoms with Crippen molar-refractivity contribution in [3.63, 3.8) is 0 Å². The molecule has 2 aromatic rings. The number of nitrogens with zero attached hydrogens (tertiary/aromatic N) is 2. The second-order valence-corrected chi connectivity index (χ2v) is 7.02. The summed E-state index contributed by atoms with van der Waals surface area (Å²) < 4.78 is 19.1. The molecule has 1 fully saturated rings. The summed E-state index contributed by atoms with van der Waals surface area (Å²) in [5.41, 5.74) is 0.850. The van der Waals surface area contributed by atoms with E-state index in [1.807, 2.05) is 0 Å². The van der Waals surface area contributed by atoms with Crippen LogP contribution in [0.4, 0.5) is 15.8 Å². The largest absolute Gasteiger partial charge is 0.497 e. The van der Waals surface area contributed by atoms with Gasteiger partial charge in [0, 0.05) is 18.3 Å². The van der Waals surface area contributed by atoms with Gasteiger partial charge in [0.25, 0.3) is 5.91 Å². The van der Waals surface area contributed by atoms with E-state index in [-0.39, 0.29) is 29.6 Å². The fraction of sp³-hybridized carbons (Fsp3) is 0.286. The molecule has 0 aliphatic carbocycles. The Bertz CT molecular complexity index is 994. The van der Waals surface area contributed by atoms with E-state index in [1.165, 1.54) is 29.0 Å². The molecule has 1 atom stereocenters. The molecule has 1 saturated heterocycles. The van der Waals surface area contributed by atoms with Crippen molar-refractivity contribution in [1.29, 1.82) is 0 Å². The Labute approximate surface area is 167 Å². The number of anilines is 2. The van der Waals surface area contributed by atoms with Crippen molar-refractivity contribution in [2.24, 2.45) is 0 Å². The molecule has 1 N–H and O–H groups in total. The zero-order valence-electron chi connectivity index (χ0n) is 15.9. The van der Waals surface area contributed by atoms with E-state index >= 15 is 0 Å². The fourth-order valence-corrected chi connectivity index (χ4v) is 3.84. The molecule has 2 aliphatic heterocycles. The van der Waals surface area contributed by atoms with Gasteiger partial charge in [-0.15, -0.1) is 0 Å². The third-order valence-corrected chi connectivity index (χ3v) is 5.20. The number of rotatable bonds is 4. The minimum absolute atomic E-state index is 0.121. The molecule has 0 radical (unpaired) electrons. The van der Waals surface area contributed by atoms with Gasteiger partial charge in [-0.2, -0.15) is 0 Å². The number of fused-ring (bicyclic) bond motifs is 2. The third-order valence-electron chi connectivity index (χ3n) is 5.20. The number of halogens is 1. The summed E-state index contributed by atoms with van der Waals surface area (Å²) in [5.74, 6) is -1.15. The highest BCUT2D eigenvalue weighted by Gasteiger charge is 2.42. The van der Waals surface area contributed by atoms with Crippen LogP contribution >= 0.6 is 0 Å². The van der Waals surface area contributed by atoms with Crippen molar-refractivity contribution >= 4 is 29.1 Å². The molecule has 2 heterocycles. The van der Waals surface area contributed by atoms with Gasteiger partial charge in [-0.3, -0.25) is 14.4 Å². The Morgan fingerprint density at radius 2 is 2.07 bits per heavy atom. The Kier molecular flexibility index (Phi) is 4.92. The SMILES string of the molecule is COc1cccc(NC(=O)CN2C(=O)[C@@H]3CCCN3C(=O)c3ccc(F)cc32)c1. The number of methoxy groups -OCH3 is 1. The van der Waals surface area contributed by atoms with Crippen LogP contribution in [0.25, 0.3) is 0 Å². The van der Waals surface area contributed by atoms with Crippen molar-refractivity contribution in [3.05, 3.63) is 53.8 Å². The monoisotopic (exact) mass is 397 g/mol. The standard InChI is InChI=1S/C21H20FN3O4/c1-29-15-5-2-4-14(11-15)23-19(26)12-25-18-10-13(22)7-8-16(18)20(27)24-9-3-6-17(24)21(25)28/h2,4-5,7-8,10-11,17H,3,6,9,12H2,1H3,(H,23,26)/t17-/m0/s1. The molecule has 2 aliphatic rings. The number of carbonyl (C=O) groups excluding carboxylic acids is 3. The second kappa shape index (κ2) is 7.54.